The molecule has 0 atom stereocenters. The maximum atomic E-state index is 5.55. The standard InChI is InChI=1S/C20H29N7O4/c21-5-9-28-11-12-29-10-6-22-18-24-19(26-20(25-18)27-7-1-2-8-27)23-15-3-4-16-17(13-15)31-14-30-16/h3-4,13H,1-2,5-12,14,21H2,(H2,22,23,24,25,26). The lowest BCUT2D eigenvalue weighted by Gasteiger charge is -2.17. The number of benzene rings is 1. The summed E-state index contributed by atoms with van der Waals surface area (Å²) >= 11 is 0. The molecule has 0 amide bonds. The summed E-state index contributed by atoms with van der Waals surface area (Å²) in [7, 11) is 0. The van der Waals surface area contributed by atoms with Gasteiger partial charge in [0.15, 0.2) is 11.5 Å². The number of fused-ring (bicyclic) bond motifs is 1. The molecule has 0 spiro atoms. The average Bonchev–Trinajstić information content (AvgIpc) is 3.47. The van der Waals surface area contributed by atoms with Crippen LogP contribution in [0.5, 0.6) is 11.5 Å². The van der Waals surface area contributed by atoms with E-state index < -0.39 is 0 Å². The monoisotopic (exact) mass is 431 g/mol. The van der Waals surface area contributed by atoms with E-state index in [1.165, 1.54) is 0 Å². The zero-order chi connectivity index (χ0) is 21.3. The number of rotatable bonds is 12. The summed E-state index contributed by atoms with van der Waals surface area (Å²) in [5, 5.41) is 6.46. The number of nitrogens with zero attached hydrogens (tertiary/aromatic N) is 4. The third-order valence-electron chi connectivity index (χ3n) is 4.80. The molecule has 2 aliphatic rings. The third-order valence-corrected chi connectivity index (χ3v) is 4.80. The molecule has 0 bridgehead atoms. The molecule has 4 N–H and O–H groups in total. The number of aromatic nitrogens is 3. The Hall–Kier alpha value is -2.89. The Morgan fingerprint density at radius 1 is 0.935 bits per heavy atom. The summed E-state index contributed by atoms with van der Waals surface area (Å²) in [5.41, 5.74) is 6.20. The van der Waals surface area contributed by atoms with Crippen molar-refractivity contribution in [2.75, 3.05) is 74.9 Å². The summed E-state index contributed by atoms with van der Waals surface area (Å²) in [5.74, 6) is 3.06. The molecule has 11 heteroatoms. The number of ether oxygens (including phenoxy) is 4. The Morgan fingerprint density at radius 3 is 2.55 bits per heavy atom. The van der Waals surface area contributed by atoms with E-state index in [1.54, 1.807) is 0 Å². The van der Waals surface area contributed by atoms with Gasteiger partial charge in [0.2, 0.25) is 24.6 Å². The largest absolute Gasteiger partial charge is 0.454 e. The minimum absolute atomic E-state index is 0.235. The van der Waals surface area contributed by atoms with Crippen LogP contribution in [-0.4, -0.2) is 74.4 Å². The molecule has 2 aliphatic heterocycles. The fourth-order valence-electron chi connectivity index (χ4n) is 3.30. The van der Waals surface area contributed by atoms with Crippen LogP contribution in [0.4, 0.5) is 23.5 Å². The van der Waals surface area contributed by atoms with E-state index in [0.29, 0.717) is 63.1 Å². The lowest BCUT2D eigenvalue weighted by molar-refractivity contribution is 0.0547. The minimum Gasteiger partial charge on any atom is -0.454 e. The Balaban J connectivity index is 1.37. The predicted molar refractivity (Wildman–Crippen MR) is 116 cm³/mol. The number of anilines is 4. The number of hydrogen-bond acceptors (Lipinski definition) is 11. The molecule has 0 unspecified atom stereocenters. The molecule has 3 heterocycles. The second-order valence-corrected chi connectivity index (χ2v) is 7.11. The zero-order valence-electron chi connectivity index (χ0n) is 17.5. The van der Waals surface area contributed by atoms with Gasteiger partial charge in [-0.1, -0.05) is 0 Å². The first kappa shape index (κ1) is 21.3. The first-order valence-corrected chi connectivity index (χ1v) is 10.6. The van der Waals surface area contributed by atoms with Crippen molar-refractivity contribution in [1.29, 1.82) is 0 Å². The van der Waals surface area contributed by atoms with Crippen LogP contribution in [0, 0.1) is 0 Å². The maximum absolute atomic E-state index is 5.55. The summed E-state index contributed by atoms with van der Waals surface area (Å²) in [4.78, 5) is 15.9. The minimum atomic E-state index is 0.235. The van der Waals surface area contributed by atoms with Gasteiger partial charge in [-0.3, -0.25) is 0 Å². The molecular weight excluding hydrogens is 402 g/mol. The van der Waals surface area contributed by atoms with Crippen LogP contribution in [0.3, 0.4) is 0 Å². The van der Waals surface area contributed by atoms with Crippen molar-refractivity contribution in [3.05, 3.63) is 18.2 Å². The van der Waals surface area contributed by atoms with Crippen molar-refractivity contribution in [1.82, 2.24) is 15.0 Å². The molecule has 0 radical (unpaired) electrons. The van der Waals surface area contributed by atoms with Gasteiger partial charge < -0.3 is 40.2 Å². The van der Waals surface area contributed by atoms with Crippen LogP contribution in [0.2, 0.25) is 0 Å². The molecule has 1 fully saturated rings. The lowest BCUT2D eigenvalue weighted by atomic mass is 10.3. The van der Waals surface area contributed by atoms with E-state index in [1.807, 2.05) is 18.2 Å². The summed E-state index contributed by atoms with van der Waals surface area (Å²) in [6.07, 6.45) is 2.28. The normalized spacial score (nSPS) is 14.8. The topological polar surface area (TPSA) is 129 Å². The van der Waals surface area contributed by atoms with Crippen molar-refractivity contribution in [3.8, 4) is 11.5 Å². The highest BCUT2D eigenvalue weighted by atomic mass is 16.7. The van der Waals surface area contributed by atoms with E-state index in [4.69, 9.17) is 24.7 Å². The van der Waals surface area contributed by atoms with Gasteiger partial charge in [-0.25, -0.2) is 0 Å². The highest BCUT2D eigenvalue weighted by Gasteiger charge is 2.18. The SMILES string of the molecule is NCCOCCOCCNc1nc(Nc2ccc3c(c2)OCO3)nc(N2CCCC2)n1. The maximum Gasteiger partial charge on any atom is 0.233 e. The van der Waals surface area contributed by atoms with E-state index in [2.05, 4.69) is 30.5 Å². The van der Waals surface area contributed by atoms with Gasteiger partial charge in [0.1, 0.15) is 0 Å². The average molecular weight is 431 g/mol. The quantitative estimate of drug-likeness (QED) is 0.421. The predicted octanol–water partition coefficient (Wildman–Crippen LogP) is 1.35. The zero-order valence-corrected chi connectivity index (χ0v) is 17.5. The molecule has 1 aromatic heterocycles. The highest BCUT2D eigenvalue weighted by molar-refractivity contribution is 5.61. The molecule has 0 aliphatic carbocycles. The van der Waals surface area contributed by atoms with Crippen LogP contribution in [0.25, 0.3) is 0 Å². The van der Waals surface area contributed by atoms with Gasteiger partial charge in [0.05, 0.1) is 26.4 Å². The first-order valence-electron chi connectivity index (χ1n) is 10.6. The summed E-state index contributed by atoms with van der Waals surface area (Å²) < 4.78 is 21.7. The molecular formula is C20H29N7O4. The van der Waals surface area contributed by atoms with Crippen molar-refractivity contribution in [3.63, 3.8) is 0 Å². The molecule has 168 valence electrons. The van der Waals surface area contributed by atoms with E-state index in [0.717, 1.165) is 37.4 Å². The second kappa shape index (κ2) is 10.9. The van der Waals surface area contributed by atoms with E-state index in [-0.39, 0.29) is 6.79 Å². The fraction of sp³-hybridized carbons (Fsp3) is 0.550. The molecule has 31 heavy (non-hydrogen) atoms. The van der Waals surface area contributed by atoms with E-state index >= 15 is 0 Å². The lowest BCUT2D eigenvalue weighted by Crippen LogP contribution is -2.22. The van der Waals surface area contributed by atoms with Gasteiger partial charge in [-0.05, 0) is 25.0 Å². The van der Waals surface area contributed by atoms with Crippen molar-refractivity contribution < 1.29 is 18.9 Å². The first-order chi connectivity index (χ1) is 15.3. The van der Waals surface area contributed by atoms with Gasteiger partial charge >= 0.3 is 0 Å². The van der Waals surface area contributed by atoms with E-state index in [9.17, 15) is 0 Å². The summed E-state index contributed by atoms with van der Waals surface area (Å²) in [6, 6.07) is 5.64. The van der Waals surface area contributed by atoms with Crippen LogP contribution in [0.1, 0.15) is 12.8 Å². The Bertz CT molecular complexity index is 848. The van der Waals surface area contributed by atoms with Crippen LogP contribution in [0.15, 0.2) is 18.2 Å². The van der Waals surface area contributed by atoms with Gasteiger partial charge in [0.25, 0.3) is 0 Å². The van der Waals surface area contributed by atoms with Gasteiger partial charge in [-0.15, -0.1) is 0 Å². The van der Waals surface area contributed by atoms with Crippen molar-refractivity contribution in [2.24, 2.45) is 5.73 Å². The van der Waals surface area contributed by atoms with Gasteiger partial charge in [-0.2, -0.15) is 15.0 Å². The Kier molecular flexibility index (Phi) is 7.53. The Labute approximate surface area is 181 Å². The van der Waals surface area contributed by atoms with Crippen LogP contribution < -0.4 is 30.7 Å². The summed E-state index contributed by atoms with van der Waals surface area (Å²) in [6.45, 7) is 5.33. The van der Waals surface area contributed by atoms with Crippen molar-refractivity contribution >= 4 is 23.5 Å². The molecule has 0 saturated carbocycles. The third kappa shape index (κ3) is 6.06. The second-order valence-electron chi connectivity index (χ2n) is 7.11. The number of nitrogens with two attached hydrogens (primary N) is 1. The highest BCUT2D eigenvalue weighted by Crippen LogP contribution is 2.35. The molecule has 1 aromatic carbocycles. The van der Waals surface area contributed by atoms with Crippen molar-refractivity contribution in [2.45, 2.75) is 12.8 Å². The van der Waals surface area contributed by atoms with Crippen LogP contribution >= 0.6 is 0 Å². The molecule has 4 rings (SSSR count). The molecule has 2 aromatic rings. The molecule has 11 nitrogen and oxygen atoms in total. The van der Waals surface area contributed by atoms with Crippen LogP contribution in [-0.2, 0) is 9.47 Å². The fourth-order valence-corrected chi connectivity index (χ4v) is 3.30. The number of hydrogen-bond donors (Lipinski definition) is 3. The van der Waals surface area contributed by atoms with Gasteiger partial charge in [0, 0.05) is 37.9 Å². The number of nitrogens with one attached hydrogen (secondary N) is 2. The Morgan fingerprint density at radius 2 is 1.71 bits per heavy atom. The smallest absolute Gasteiger partial charge is 0.233 e. The molecule has 1 saturated heterocycles.